The SMILES string of the molecule is NC(c1ccc2ncccc2c1)C1CSCCO1. The highest BCUT2D eigenvalue weighted by atomic mass is 32.2. The van der Waals surface area contributed by atoms with Crippen molar-refractivity contribution < 1.29 is 4.74 Å². The molecule has 2 aromatic rings. The average molecular weight is 260 g/mol. The second kappa shape index (κ2) is 5.26. The van der Waals surface area contributed by atoms with Crippen LogP contribution in [0, 0.1) is 0 Å². The largest absolute Gasteiger partial charge is 0.375 e. The minimum atomic E-state index is -0.0533. The van der Waals surface area contributed by atoms with Gasteiger partial charge in [0, 0.05) is 23.1 Å². The molecule has 0 bridgehead atoms. The van der Waals surface area contributed by atoms with Gasteiger partial charge in [-0.2, -0.15) is 11.8 Å². The number of aromatic nitrogens is 1. The number of fused-ring (bicyclic) bond motifs is 1. The third kappa shape index (κ3) is 2.36. The number of rotatable bonds is 2. The van der Waals surface area contributed by atoms with Gasteiger partial charge in [-0.05, 0) is 23.8 Å². The summed E-state index contributed by atoms with van der Waals surface area (Å²) >= 11 is 1.91. The monoisotopic (exact) mass is 260 g/mol. The highest BCUT2D eigenvalue weighted by Gasteiger charge is 2.23. The summed E-state index contributed by atoms with van der Waals surface area (Å²) in [5.41, 5.74) is 8.44. The molecule has 18 heavy (non-hydrogen) atoms. The Kier molecular flexibility index (Phi) is 3.50. The quantitative estimate of drug-likeness (QED) is 0.900. The first-order valence-corrected chi connectivity index (χ1v) is 7.30. The molecule has 2 atom stereocenters. The van der Waals surface area contributed by atoms with E-state index in [0.29, 0.717) is 0 Å². The van der Waals surface area contributed by atoms with Crippen molar-refractivity contribution in [1.82, 2.24) is 4.98 Å². The van der Waals surface area contributed by atoms with E-state index in [9.17, 15) is 0 Å². The van der Waals surface area contributed by atoms with Crippen molar-refractivity contribution in [2.75, 3.05) is 18.1 Å². The van der Waals surface area contributed by atoms with Crippen molar-refractivity contribution in [1.29, 1.82) is 0 Å². The van der Waals surface area contributed by atoms with Gasteiger partial charge in [-0.25, -0.2) is 0 Å². The Labute approximate surface area is 111 Å². The molecule has 0 aliphatic carbocycles. The molecule has 3 rings (SSSR count). The molecular formula is C14H16N2OS. The van der Waals surface area contributed by atoms with Crippen LogP contribution in [0.5, 0.6) is 0 Å². The van der Waals surface area contributed by atoms with Crippen LogP contribution in [0.1, 0.15) is 11.6 Å². The molecule has 0 amide bonds. The van der Waals surface area contributed by atoms with E-state index in [4.69, 9.17) is 10.5 Å². The Balaban J connectivity index is 1.88. The fourth-order valence-electron chi connectivity index (χ4n) is 2.23. The number of benzene rings is 1. The molecule has 1 aliphatic rings. The smallest absolute Gasteiger partial charge is 0.0858 e. The third-order valence-electron chi connectivity index (χ3n) is 3.25. The van der Waals surface area contributed by atoms with E-state index < -0.39 is 0 Å². The topological polar surface area (TPSA) is 48.1 Å². The van der Waals surface area contributed by atoms with Crippen LogP contribution in [-0.4, -0.2) is 29.2 Å². The van der Waals surface area contributed by atoms with Gasteiger partial charge in [0.15, 0.2) is 0 Å². The van der Waals surface area contributed by atoms with Crippen molar-refractivity contribution in [2.45, 2.75) is 12.1 Å². The maximum Gasteiger partial charge on any atom is 0.0858 e. The molecule has 4 heteroatoms. The zero-order valence-electron chi connectivity index (χ0n) is 10.1. The molecule has 94 valence electrons. The van der Waals surface area contributed by atoms with Crippen LogP contribution in [0.3, 0.4) is 0 Å². The predicted octanol–water partition coefficient (Wildman–Crippen LogP) is 2.37. The first kappa shape index (κ1) is 12.0. The van der Waals surface area contributed by atoms with Gasteiger partial charge in [-0.1, -0.05) is 12.1 Å². The molecule has 1 aromatic carbocycles. The summed E-state index contributed by atoms with van der Waals surface area (Å²) in [7, 11) is 0. The van der Waals surface area contributed by atoms with Gasteiger partial charge in [-0.15, -0.1) is 0 Å². The van der Waals surface area contributed by atoms with Gasteiger partial charge < -0.3 is 10.5 Å². The number of pyridine rings is 1. The van der Waals surface area contributed by atoms with E-state index in [1.165, 1.54) is 0 Å². The summed E-state index contributed by atoms with van der Waals surface area (Å²) in [6.07, 6.45) is 1.93. The Morgan fingerprint density at radius 3 is 3.17 bits per heavy atom. The number of ether oxygens (including phenoxy) is 1. The van der Waals surface area contributed by atoms with Gasteiger partial charge in [0.1, 0.15) is 0 Å². The fraction of sp³-hybridized carbons (Fsp3) is 0.357. The lowest BCUT2D eigenvalue weighted by Crippen LogP contribution is -2.34. The molecular weight excluding hydrogens is 244 g/mol. The van der Waals surface area contributed by atoms with Crippen molar-refractivity contribution in [3.05, 3.63) is 42.1 Å². The van der Waals surface area contributed by atoms with Gasteiger partial charge in [0.25, 0.3) is 0 Å². The molecule has 0 spiro atoms. The standard InChI is InChI=1S/C14H16N2OS/c15-14(13-9-18-7-6-17-13)11-3-4-12-10(8-11)2-1-5-16-12/h1-5,8,13-14H,6-7,9,15H2. The van der Waals surface area contributed by atoms with E-state index in [-0.39, 0.29) is 12.1 Å². The van der Waals surface area contributed by atoms with Gasteiger partial charge in [0.05, 0.1) is 24.3 Å². The highest BCUT2D eigenvalue weighted by molar-refractivity contribution is 7.99. The van der Waals surface area contributed by atoms with Crippen LogP contribution in [0.2, 0.25) is 0 Å². The number of thioether (sulfide) groups is 1. The first-order valence-electron chi connectivity index (χ1n) is 6.14. The Hall–Kier alpha value is -1.10. The minimum absolute atomic E-state index is 0.0533. The van der Waals surface area contributed by atoms with Crippen LogP contribution >= 0.6 is 11.8 Å². The van der Waals surface area contributed by atoms with Crippen molar-refractivity contribution in [2.24, 2.45) is 5.73 Å². The molecule has 3 nitrogen and oxygen atoms in total. The summed E-state index contributed by atoms with van der Waals surface area (Å²) in [6.45, 7) is 0.804. The lowest BCUT2D eigenvalue weighted by atomic mass is 10.0. The molecule has 2 unspecified atom stereocenters. The third-order valence-corrected chi connectivity index (χ3v) is 4.27. The molecule has 2 heterocycles. The summed E-state index contributed by atoms with van der Waals surface area (Å²) in [4.78, 5) is 4.32. The summed E-state index contributed by atoms with van der Waals surface area (Å²) in [5, 5.41) is 1.13. The number of nitrogens with zero attached hydrogens (tertiary/aromatic N) is 1. The zero-order valence-corrected chi connectivity index (χ0v) is 10.9. The summed E-state index contributed by atoms with van der Waals surface area (Å²) in [6, 6.07) is 10.2. The van der Waals surface area contributed by atoms with Crippen molar-refractivity contribution >= 4 is 22.7 Å². The zero-order chi connectivity index (χ0) is 12.4. The maximum absolute atomic E-state index is 6.30. The van der Waals surface area contributed by atoms with Gasteiger partial charge in [0.2, 0.25) is 0 Å². The van der Waals surface area contributed by atoms with Crippen LogP contribution < -0.4 is 5.73 Å². The highest BCUT2D eigenvalue weighted by Crippen LogP contribution is 2.25. The van der Waals surface area contributed by atoms with Crippen molar-refractivity contribution in [3.8, 4) is 0 Å². The molecule has 0 radical (unpaired) electrons. The van der Waals surface area contributed by atoms with Crippen LogP contribution in [-0.2, 0) is 4.74 Å². The first-order chi connectivity index (χ1) is 8.84. The number of nitrogens with two attached hydrogens (primary N) is 1. The number of hydrogen-bond donors (Lipinski definition) is 1. The van der Waals surface area contributed by atoms with E-state index in [0.717, 1.165) is 34.6 Å². The molecule has 1 saturated heterocycles. The van der Waals surface area contributed by atoms with E-state index in [2.05, 4.69) is 23.2 Å². The molecule has 1 aliphatic heterocycles. The lowest BCUT2D eigenvalue weighted by molar-refractivity contribution is 0.0569. The summed E-state index contributed by atoms with van der Waals surface area (Å²) in [5.74, 6) is 2.05. The number of hydrogen-bond acceptors (Lipinski definition) is 4. The Bertz CT molecular complexity index is 540. The Morgan fingerprint density at radius 2 is 2.33 bits per heavy atom. The van der Waals surface area contributed by atoms with Crippen LogP contribution in [0.4, 0.5) is 0 Å². The molecule has 0 saturated carbocycles. The summed E-state index contributed by atoms with van der Waals surface area (Å²) < 4.78 is 5.74. The normalized spacial score (nSPS) is 21.9. The Morgan fingerprint density at radius 1 is 1.39 bits per heavy atom. The molecule has 2 N–H and O–H groups in total. The van der Waals surface area contributed by atoms with Crippen LogP contribution in [0.15, 0.2) is 36.5 Å². The second-order valence-corrected chi connectivity index (χ2v) is 5.62. The van der Waals surface area contributed by atoms with Gasteiger partial charge in [-0.3, -0.25) is 4.98 Å². The fourth-order valence-corrected chi connectivity index (χ4v) is 3.15. The van der Waals surface area contributed by atoms with Crippen molar-refractivity contribution in [3.63, 3.8) is 0 Å². The van der Waals surface area contributed by atoms with Crippen LogP contribution in [0.25, 0.3) is 10.9 Å². The van der Waals surface area contributed by atoms with E-state index in [1.807, 2.05) is 30.1 Å². The van der Waals surface area contributed by atoms with Gasteiger partial charge >= 0.3 is 0 Å². The van der Waals surface area contributed by atoms with E-state index in [1.54, 1.807) is 0 Å². The second-order valence-electron chi connectivity index (χ2n) is 4.47. The lowest BCUT2D eigenvalue weighted by Gasteiger charge is -2.28. The minimum Gasteiger partial charge on any atom is -0.375 e. The predicted molar refractivity (Wildman–Crippen MR) is 75.7 cm³/mol. The molecule has 1 aromatic heterocycles. The van der Waals surface area contributed by atoms with E-state index >= 15 is 0 Å². The maximum atomic E-state index is 6.30. The molecule has 1 fully saturated rings. The average Bonchev–Trinajstić information content (AvgIpc) is 2.47.